The third-order valence-corrected chi connectivity index (χ3v) is 2.71. The Morgan fingerprint density at radius 3 is 2.40 bits per heavy atom. The van der Waals surface area contributed by atoms with Gasteiger partial charge in [-0.1, -0.05) is 18.2 Å². The zero-order valence-corrected chi connectivity index (χ0v) is 10.6. The fourth-order valence-electron chi connectivity index (χ4n) is 1.76. The van der Waals surface area contributed by atoms with E-state index in [0.717, 1.165) is 18.2 Å². The summed E-state index contributed by atoms with van der Waals surface area (Å²) in [4.78, 5) is 11.6. The molecule has 2 aromatic carbocycles. The molecular formula is C15H13F2NO2. The Morgan fingerprint density at radius 1 is 1.10 bits per heavy atom. The molecule has 104 valence electrons. The minimum absolute atomic E-state index is 0.0183. The second-order valence-corrected chi connectivity index (χ2v) is 4.31. The number of hydrogen-bond donors (Lipinski definition) is 1. The van der Waals surface area contributed by atoms with Gasteiger partial charge in [0.25, 0.3) is 0 Å². The molecule has 0 aliphatic carbocycles. The van der Waals surface area contributed by atoms with Gasteiger partial charge in [-0.3, -0.25) is 4.79 Å². The highest BCUT2D eigenvalue weighted by atomic mass is 19.1. The molecule has 5 heteroatoms. The van der Waals surface area contributed by atoms with Crippen molar-refractivity contribution in [2.75, 3.05) is 5.73 Å². The Hall–Kier alpha value is -2.43. The van der Waals surface area contributed by atoms with Gasteiger partial charge >= 0.3 is 5.97 Å². The van der Waals surface area contributed by atoms with Gasteiger partial charge in [0.15, 0.2) is 0 Å². The van der Waals surface area contributed by atoms with Gasteiger partial charge < -0.3 is 10.5 Å². The van der Waals surface area contributed by atoms with Crippen molar-refractivity contribution in [2.24, 2.45) is 0 Å². The standard InChI is InChI=1S/C15H13F2NO2/c16-12-5-10(6-13(17)8-12)9-20-15(19)7-11-3-1-2-4-14(11)18/h1-6,8H,7,9,18H2. The van der Waals surface area contributed by atoms with Gasteiger partial charge in [-0.05, 0) is 29.3 Å². The monoisotopic (exact) mass is 277 g/mol. The number of rotatable bonds is 4. The van der Waals surface area contributed by atoms with Crippen LogP contribution in [0.1, 0.15) is 11.1 Å². The van der Waals surface area contributed by atoms with Crippen molar-refractivity contribution in [2.45, 2.75) is 13.0 Å². The molecule has 2 aromatic rings. The molecule has 0 atom stereocenters. The quantitative estimate of drug-likeness (QED) is 0.690. The first-order valence-corrected chi connectivity index (χ1v) is 5.98. The number of halogens is 2. The van der Waals surface area contributed by atoms with Crippen LogP contribution in [0.3, 0.4) is 0 Å². The average molecular weight is 277 g/mol. The molecule has 0 amide bonds. The van der Waals surface area contributed by atoms with Crippen molar-refractivity contribution < 1.29 is 18.3 Å². The molecule has 0 radical (unpaired) electrons. The number of nitrogen functional groups attached to an aromatic ring is 1. The zero-order chi connectivity index (χ0) is 14.5. The summed E-state index contributed by atoms with van der Waals surface area (Å²) >= 11 is 0. The number of esters is 1. The van der Waals surface area contributed by atoms with Crippen LogP contribution in [-0.4, -0.2) is 5.97 Å². The summed E-state index contributed by atoms with van der Waals surface area (Å²) in [6.45, 7) is -0.180. The predicted molar refractivity (Wildman–Crippen MR) is 70.7 cm³/mol. The smallest absolute Gasteiger partial charge is 0.310 e. The van der Waals surface area contributed by atoms with Gasteiger partial charge in [-0.2, -0.15) is 0 Å². The number of carbonyl (C=O) groups excluding carboxylic acids is 1. The Labute approximate surface area is 115 Å². The predicted octanol–water partition coefficient (Wildman–Crippen LogP) is 2.83. The van der Waals surface area contributed by atoms with Crippen LogP contribution in [0, 0.1) is 11.6 Å². The highest BCUT2D eigenvalue weighted by Gasteiger charge is 2.08. The van der Waals surface area contributed by atoms with Crippen molar-refractivity contribution in [3.05, 3.63) is 65.2 Å². The summed E-state index contributed by atoms with van der Waals surface area (Å²) in [5.74, 6) is -1.92. The third-order valence-electron chi connectivity index (χ3n) is 2.71. The van der Waals surface area contributed by atoms with Crippen LogP contribution in [0.15, 0.2) is 42.5 Å². The highest BCUT2D eigenvalue weighted by molar-refractivity contribution is 5.74. The summed E-state index contributed by atoms with van der Waals surface area (Å²) in [6, 6.07) is 9.93. The van der Waals surface area contributed by atoms with Gasteiger partial charge in [0.1, 0.15) is 18.2 Å². The first-order valence-electron chi connectivity index (χ1n) is 5.98. The Morgan fingerprint density at radius 2 is 1.75 bits per heavy atom. The van der Waals surface area contributed by atoms with Crippen molar-refractivity contribution in [1.82, 2.24) is 0 Å². The summed E-state index contributed by atoms with van der Waals surface area (Å²) in [5.41, 5.74) is 7.13. The molecule has 0 spiro atoms. The van der Waals surface area contributed by atoms with Gasteiger partial charge in [0.2, 0.25) is 0 Å². The molecule has 2 N–H and O–H groups in total. The lowest BCUT2D eigenvalue weighted by atomic mass is 10.1. The second kappa shape index (κ2) is 6.14. The molecule has 3 nitrogen and oxygen atoms in total. The van der Waals surface area contributed by atoms with E-state index in [9.17, 15) is 13.6 Å². The Balaban J connectivity index is 1.94. The number of benzene rings is 2. The maximum Gasteiger partial charge on any atom is 0.310 e. The van der Waals surface area contributed by atoms with Gasteiger partial charge in [0.05, 0.1) is 6.42 Å². The van der Waals surface area contributed by atoms with Crippen molar-refractivity contribution >= 4 is 11.7 Å². The van der Waals surface area contributed by atoms with Crippen molar-refractivity contribution in [1.29, 1.82) is 0 Å². The topological polar surface area (TPSA) is 52.3 Å². The van der Waals surface area contributed by atoms with Crippen LogP contribution >= 0.6 is 0 Å². The molecule has 0 saturated heterocycles. The second-order valence-electron chi connectivity index (χ2n) is 4.31. The molecule has 0 bridgehead atoms. The maximum atomic E-state index is 13.0. The van der Waals surface area contributed by atoms with E-state index in [2.05, 4.69) is 0 Å². The summed E-state index contributed by atoms with van der Waals surface area (Å²) in [6.07, 6.45) is 0.0183. The lowest BCUT2D eigenvalue weighted by Crippen LogP contribution is -2.09. The molecule has 0 aliphatic rings. The van der Waals surface area contributed by atoms with Crippen molar-refractivity contribution in [3.8, 4) is 0 Å². The maximum absolute atomic E-state index is 13.0. The molecule has 0 unspecified atom stereocenters. The highest BCUT2D eigenvalue weighted by Crippen LogP contribution is 2.13. The molecule has 2 rings (SSSR count). The van der Waals surface area contributed by atoms with Gasteiger partial charge in [0, 0.05) is 11.8 Å². The minimum atomic E-state index is -0.705. The van der Waals surface area contributed by atoms with E-state index in [-0.39, 0.29) is 18.6 Å². The normalized spacial score (nSPS) is 10.3. The van der Waals surface area contributed by atoms with Crippen LogP contribution < -0.4 is 5.73 Å². The van der Waals surface area contributed by atoms with Crippen LogP contribution in [0.5, 0.6) is 0 Å². The number of carbonyl (C=O) groups is 1. The van der Waals surface area contributed by atoms with E-state index in [4.69, 9.17) is 10.5 Å². The fraction of sp³-hybridized carbons (Fsp3) is 0.133. The Bertz CT molecular complexity index is 609. The molecule has 0 heterocycles. The van der Waals surface area contributed by atoms with E-state index < -0.39 is 17.6 Å². The molecule has 0 aliphatic heterocycles. The summed E-state index contributed by atoms with van der Waals surface area (Å²) < 4.78 is 30.9. The summed E-state index contributed by atoms with van der Waals surface area (Å²) in [5, 5.41) is 0. The average Bonchev–Trinajstić information content (AvgIpc) is 2.38. The number of anilines is 1. The molecule has 0 aromatic heterocycles. The molecule has 0 saturated carbocycles. The number of nitrogens with two attached hydrogens (primary N) is 1. The zero-order valence-electron chi connectivity index (χ0n) is 10.6. The van der Waals surface area contributed by atoms with E-state index in [1.165, 1.54) is 0 Å². The van der Waals surface area contributed by atoms with Crippen molar-refractivity contribution in [3.63, 3.8) is 0 Å². The van der Waals surface area contributed by atoms with Gasteiger partial charge in [-0.25, -0.2) is 8.78 Å². The number of ether oxygens (including phenoxy) is 1. The molecular weight excluding hydrogens is 264 g/mol. The molecule has 20 heavy (non-hydrogen) atoms. The number of hydrogen-bond acceptors (Lipinski definition) is 3. The van der Waals surface area contributed by atoms with E-state index in [1.54, 1.807) is 24.3 Å². The number of para-hydroxylation sites is 1. The van der Waals surface area contributed by atoms with Crippen LogP contribution in [-0.2, 0) is 22.6 Å². The molecule has 0 fully saturated rings. The lowest BCUT2D eigenvalue weighted by Gasteiger charge is -2.07. The lowest BCUT2D eigenvalue weighted by molar-refractivity contribution is -0.144. The fourth-order valence-corrected chi connectivity index (χ4v) is 1.76. The first kappa shape index (κ1) is 14.0. The minimum Gasteiger partial charge on any atom is -0.461 e. The van der Waals surface area contributed by atoms with Crippen LogP contribution in [0.25, 0.3) is 0 Å². The third kappa shape index (κ3) is 3.78. The SMILES string of the molecule is Nc1ccccc1CC(=O)OCc1cc(F)cc(F)c1. The largest absolute Gasteiger partial charge is 0.461 e. The Kier molecular flexibility index (Phi) is 4.30. The van der Waals surface area contributed by atoms with Gasteiger partial charge in [-0.15, -0.1) is 0 Å². The van der Waals surface area contributed by atoms with E-state index in [1.807, 2.05) is 0 Å². The van der Waals surface area contributed by atoms with Crippen LogP contribution in [0.2, 0.25) is 0 Å². The van der Waals surface area contributed by atoms with E-state index >= 15 is 0 Å². The first-order chi connectivity index (χ1) is 9.54. The van der Waals surface area contributed by atoms with Crippen LogP contribution in [0.4, 0.5) is 14.5 Å². The summed E-state index contributed by atoms with van der Waals surface area (Å²) in [7, 11) is 0. The van der Waals surface area contributed by atoms with E-state index in [0.29, 0.717) is 11.3 Å².